The Hall–Kier alpha value is -1.79. The van der Waals surface area contributed by atoms with Crippen molar-refractivity contribution < 1.29 is 9.53 Å². The number of hydrogen-bond donors (Lipinski definition) is 1. The van der Waals surface area contributed by atoms with Gasteiger partial charge >= 0.3 is 0 Å². The van der Waals surface area contributed by atoms with E-state index in [1.54, 1.807) is 43.1 Å². The maximum atomic E-state index is 12.0. The predicted octanol–water partition coefficient (Wildman–Crippen LogP) is 2.21. The van der Waals surface area contributed by atoms with Crippen molar-refractivity contribution in [2.24, 2.45) is 7.05 Å². The lowest BCUT2D eigenvalue weighted by Crippen LogP contribution is -2.36. The van der Waals surface area contributed by atoms with E-state index < -0.39 is 6.10 Å². The SMILES string of the molecule is C[C@H](Oc1ccc(Cl)cc1Cl)C(=O)NCc1nncn1C. The molecule has 0 aliphatic carbocycles. The Bertz CT molecular complexity index is 645. The van der Waals surface area contributed by atoms with Crippen LogP contribution in [0.4, 0.5) is 0 Å². The van der Waals surface area contributed by atoms with Gasteiger partial charge in [0.25, 0.3) is 5.91 Å². The van der Waals surface area contributed by atoms with E-state index >= 15 is 0 Å². The molecule has 0 saturated carbocycles. The highest BCUT2D eigenvalue weighted by Crippen LogP contribution is 2.28. The molecular formula is C13H14Cl2N4O2. The van der Waals surface area contributed by atoms with Crippen LogP contribution in [0.3, 0.4) is 0 Å². The molecule has 1 aromatic heterocycles. The third-order valence-electron chi connectivity index (χ3n) is 2.79. The molecule has 6 nitrogen and oxygen atoms in total. The van der Waals surface area contributed by atoms with Crippen LogP contribution >= 0.6 is 23.2 Å². The highest BCUT2D eigenvalue weighted by atomic mass is 35.5. The molecule has 0 aliphatic heterocycles. The van der Waals surface area contributed by atoms with Crippen molar-refractivity contribution in [3.63, 3.8) is 0 Å². The molecule has 2 aromatic rings. The van der Waals surface area contributed by atoms with Crippen LogP contribution in [0.1, 0.15) is 12.7 Å². The Labute approximate surface area is 132 Å². The van der Waals surface area contributed by atoms with Crippen LogP contribution in [-0.2, 0) is 18.4 Å². The van der Waals surface area contributed by atoms with Gasteiger partial charge in [-0.1, -0.05) is 23.2 Å². The summed E-state index contributed by atoms with van der Waals surface area (Å²) >= 11 is 11.8. The van der Waals surface area contributed by atoms with Crippen LogP contribution < -0.4 is 10.1 Å². The summed E-state index contributed by atoms with van der Waals surface area (Å²) in [7, 11) is 1.80. The van der Waals surface area contributed by atoms with Gasteiger partial charge in [0.2, 0.25) is 0 Å². The molecule has 1 heterocycles. The number of benzene rings is 1. The molecule has 0 fully saturated rings. The Balaban J connectivity index is 1.92. The molecule has 1 amide bonds. The second-order valence-electron chi connectivity index (χ2n) is 4.41. The van der Waals surface area contributed by atoms with E-state index in [1.807, 2.05) is 0 Å². The van der Waals surface area contributed by atoms with Gasteiger partial charge in [0.1, 0.15) is 12.1 Å². The molecule has 0 spiro atoms. The van der Waals surface area contributed by atoms with Gasteiger partial charge in [0.05, 0.1) is 11.6 Å². The number of nitrogens with one attached hydrogen (secondary N) is 1. The van der Waals surface area contributed by atoms with Gasteiger partial charge in [-0.05, 0) is 25.1 Å². The van der Waals surface area contributed by atoms with E-state index in [0.717, 1.165) is 0 Å². The first-order valence-electron chi connectivity index (χ1n) is 6.19. The van der Waals surface area contributed by atoms with Crippen molar-refractivity contribution in [1.82, 2.24) is 20.1 Å². The van der Waals surface area contributed by atoms with Gasteiger partial charge in [-0.3, -0.25) is 4.79 Å². The number of aromatic nitrogens is 3. The van der Waals surface area contributed by atoms with E-state index in [-0.39, 0.29) is 12.5 Å². The van der Waals surface area contributed by atoms with Crippen molar-refractivity contribution in [2.75, 3.05) is 0 Å². The van der Waals surface area contributed by atoms with Crippen LogP contribution in [-0.4, -0.2) is 26.8 Å². The van der Waals surface area contributed by atoms with Gasteiger partial charge in [-0.15, -0.1) is 10.2 Å². The van der Waals surface area contributed by atoms with Crippen molar-refractivity contribution >= 4 is 29.1 Å². The van der Waals surface area contributed by atoms with Crippen molar-refractivity contribution in [1.29, 1.82) is 0 Å². The maximum absolute atomic E-state index is 12.0. The first-order valence-corrected chi connectivity index (χ1v) is 6.95. The zero-order valence-electron chi connectivity index (χ0n) is 11.5. The summed E-state index contributed by atoms with van der Waals surface area (Å²) in [4.78, 5) is 12.0. The van der Waals surface area contributed by atoms with Crippen LogP contribution in [0, 0.1) is 0 Å². The highest BCUT2D eigenvalue weighted by Gasteiger charge is 2.16. The van der Waals surface area contributed by atoms with Crippen LogP contribution in [0.2, 0.25) is 10.0 Å². The average molecular weight is 329 g/mol. The van der Waals surface area contributed by atoms with Crippen molar-refractivity contribution in [3.8, 4) is 5.75 Å². The number of ether oxygens (including phenoxy) is 1. The van der Waals surface area contributed by atoms with Gasteiger partial charge < -0.3 is 14.6 Å². The number of hydrogen-bond acceptors (Lipinski definition) is 4. The van der Waals surface area contributed by atoms with Gasteiger partial charge in [0, 0.05) is 12.1 Å². The van der Waals surface area contributed by atoms with Gasteiger partial charge in [-0.2, -0.15) is 0 Å². The molecule has 0 radical (unpaired) electrons. The molecular weight excluding hydrogens is 315 g/mol. The minimum Gasteiger partial charge on any atom is -0.479 e. The maximum Gasteiger partial charge on any atom is 0.261 e. The van der Waals surface area contributed by atoms with Crippen LogP contribution in [0.5, 0.6) is 5.75 Å². The first kappa shape index (κ1) is 15.6. The lowest BCUT2D eigenvalue weighted by atomic mass is 10.3. The van der Waals surface area contributed by atoms with Crippen molar-refractivity contribution in [3.05, 3.63) is 40.4 Å². The molecule has 1 N–H and O–H groups in total. The number of carbonyl (C=O) groups is 1. The molecule has 2 rings (SSSR count). The quantitative estimate of drug-likeness (QED) is 0.913. The number of rotatable bonds is 5. The predicted molar refractivity (Wildman–Crippen MR) is 79.4 cm³/mol. The fourth-order valence-corrected chi connectivity index (χ4v) is 2.04. The Kier molecular flexibility index (Phi) is 5.03. The topological polar surface area (TPSA) is 69.0 Å². The number of nitrogens with zero attached hydrogens (tertiary/aromatic N) is 3. The van der Waals surface area contributed by atoms with E-state index in [4.69, 9.17) is 27.9 Å². The first-order chi connectivity index (χ1) is 9.97. The summed E-state index contributed by atoms with van der Waals surface area (Å²) in [6.07, 6.45) is 0.867. The fourth-order valence-electron chi connectivity index (χ4n) is 1.59. The van der Waals surface area contributed by atoms with E-state index in [0.29, 0.717) is 21.6 Å². The number of amides is 1. The summed E-state index contributed by atoms with van der Waals surface area (Å²) < 4.78 is 7.24. The Morgan fingerprint density at radius 1 is 1.48 bits per heavy atom. The van der Waals surface area contributed by atoms with E-state index in [1.165, 1.54) is 0 Å². The second kappa shape index (κ2) is 6.78. The third-order valence-corrected chi connectivity index (χ3v) is 3.32. The van der Waals surface area contributed by atoms with Crippen LogP contribution in [0.25, 0.3) is 0 Å². The largest absolute Gasteiger partial charge is 0.479 e. The van der Waals surface area contributed by atoms with E-state index in [9.17, 15) is 4.79 Å². The smallest absolute Gasteiger partial charge is 0.261 e. The monoisotopic (exact) mass is 328 g/mol. The summed E-state index contributed by atoms with van der Waals surface area (Å²) in [5.41, 5.74) is 0. The normalized spacial score (nSPS) is 12.0. The molecule has 0 unspecified atom stereocenters. The lowest BCUT2D eigenvalue weighted by molar-refractivity contribution is -0.127. The van der Waals surface area contributed by atoms with E-state index in [2.05, 4.69) is 15.5 Å². The summed E-state index contributed by atoms with van der Waals surface area (Å²) in [5.74, 6) is 0.784. The standard InChI is InChI=1S/C13H14Cl2N4O2/c1-8(21-11-4-3-9(14)5-10(11)15)13(20)16-6-12-18-17-7-19(12)2/h3-5,7-8H,6H2,1-2H3,(H,16,20)/t8-/m0/s1. The lowest BCUT2D eigenvalue weighted by Gasteiger charge is -2.15. The zero-order chi connectivity index (χ0) is 15.4. The highest BCUT2D eigenvalue weighted by molar-refractivity contribution is 6.35. The Morgan fingerprint density at radius 3 is 2.86 bits per heavy atom. The van der Waals surface area contributed by atoms with Crippen LogP contribution in [0.15, 0.2) is 24.5 Å². The molecule has 1 aromatic carbocycles. The molecule has 1 atom stereocenters. The van der Waals surface area contributed by atoms with Gasteiger partial charge in [-0.25, -0.2) is 0 Å². The molecule has 0 saturated heterocycles. The number of halogens is 2. The summed E-state index contributed by atoms with van der Waals surface area (Å²) in [6.45, 7) is 1.91. The minimum absolute atomic E-state index is 0.274. The molecule has 112 valence electrons. The summed E-state index contributed by atoms with van der Waals surface area (Å²) in [5, 5.41) is 11.2. The second-order valence-corrected chi connectivity index (χ2v) is 5.25. The zero-order valence-corrected chi connectivity index (χ0v) is 13.0. The fraction of sp³-hybridized carbons (Fsp3) is 0.308. The minimum atomic E-state index is -0.697. The summed E-state index contributed by atoms with van der Waals surface area (Å²) in [6, 6.07) is 4.83. The Morgan fingerprint density at radius 2 is 2.24 bits per heavy atom. The number of aryl methyl sites for hydroxylation is 1. The van der Waals surface area contributed by atoms with Crippen molar-refractivity contribution in [2.45, 2.75) is 19.6 Å². The molecule has 21 heavy (non-hydrogen) atoms. The molecule has 0 aliphatic rings. The van der Waals surface area contributed by atoms with Gasteiger partial charge in [0.15, 0.2) is 11.9 Å². The third kappa shape index (κ3) is 4.09. The number of carbonyl (C=O) groups excluding carboxylic acids is 1. The molecule has 8 heteroatoms. The molecule has 0 bridgehead atoms. The average Bonchev–Trinajstić information content (AvgIpc) is 2.84.